The van der Waals surface area contributed by atoms with Gasteiger partial charge in [0, 0.05) is 108 Å². The molecule has 18 heteroatoms. The quantitative estimate of drug-likeness (QED) is 0.104. The Morgan fingerprint density at radius 1 is 0.719 bits per heavy atom. The molecule has 2 saturated heterocycles. The van der Waals surface area contributed by atoms with E-state index in [4.69, 9.17) is 15.3 Å². The molecule has 1 atom stereocenters. The number of rotatable bonds is 10. The molecule has 64 heavy (non-hydrogen) atoms. The zero-order chi connectivity index (χ0) is 44.2. The predicted octanol–water partition coefficient (Wildman–Crippen LogP) is 9.27. The van der Waals surface area contributed by atoms with Crippen LogP contribution in [0.4, 0.5) is 24.5 Å². The third kappa shape index (κ3) is 14.8. The number of fused-ring (bicyclic) bond motifs is 4. The van der Waals surface area contributed by atoms with Crippen LogP contribution in [0.1, 0.15) is 29.2 Å². The SMILES string of the molecule is CSc1ccc2c(c1)C(N1CCN(C)CC1)Cc1ccccc1S2.Cl.Cl.O=C(O)C=CC(=O)O.OCCN1CCN(CCCN2c3ccccc3Sc3ccc(C(F)(F)F)cc32)CC1. The first kappa shape index (κ1) is 53.2. The summed E-state index contributed by atoms with van der Waals surface area (Å²) in [5.74, 6) is -2.51. The number of likely N-dealkylation sites (N-methyl/N-ethyl adjacent to an activating group) is 1. The molecule has 8 rings (SSSR count). The molecule has 0 aromatic heterocycles. The normalized spacial score (nSPS) is 17.7. The van der Waals surface area contributed by atoms with Crippen LogP contribution in [-0.2, 0) is 22.2 Å². The molecule has 0 spiro atoms. The van der Waals surface area contributed by atoms with Crippen molar-refractivity contribution in [2.24, 2.45) is 0 Å². The monoisotopic (exact) mass is 981 g/mol. The standard InChI is InChI=1S/C22H26F3N3OS.C20H24N2S2.C4H4O4.2ClH/c23-22(24,25)17-6-7-21-19(16-17)28(18-4-1-2-5-20(18)30-21)9-3-8-26-10-12-27(13-11-26)14-15-29;1-21-9-11-22(12-10-21)18-13-15-5-3-4-6-19(15)24-20-8-7-16(23-2)14-17(18)20;5-3(6)1-2-4(7)8;;/h1-2,4-7,16,29H,3,8-15H2;3-8,14,18H,9-13H2,1-2H3;1-2H,(H,5,6)(H,7,8);2*1H. The number of carboxylic acid groups (broad SMARTS) is 2. The van der Waals surface area contributed by atoms with Crippen LogP contribution in [0, 0.1) is 0 Å². The smallest absolute Gasteiger partial charge is 0.416 e. The number of carboxylic acids is 2. The van der Waals surface area contributed by atoms with E-state index in [1.54, 1.807) is 6.07 Å². The van der Waals surface area contributed by atoms with Gasteiger partial charge in [0.15, 0.2) is 0 Å². The lowest BCUT2D eigenvalue weighted by molar-refractivity contribution is -0.137. The van der Waals surface area contributed by atoms with E-state index in [0.29, 0.717) is 37.0 Å². The average molecular weight is 983 g/mol. The maximum atomic E-state index is 13.3. The molecule has 3 N–H and O–H groups in total. The Morgan fingerprint density at radius 2 is 1.30 bits per heavy atom. The van der Waals surface area contributed by atoms with Gasteiger partial charge in [-0.15, -0.1) is 36.6 Å². The lowest BCUT2D eigenvalue weighted by Gasteiger charge is -2.38. The molecular formula is C46H56Cl2F3N5O5S3. The fourth-order valence-electron chi connectivity index (χ4n) is 7.89. The predicted molar refractivity (Wildman–Crippen MR) is 257 cm³/mol. The first-order valence-electron chi connectivity index (χ1n) is 20.6. The minimum atomic E-state index is -4.35. The van der Waals surface area contributed by atoms with Gasteiger partial charge in [0.25, 0.3) is 0 Å². The third-order valence-electron chi connectivity index (χ3n) is 11.2. The largest absolute Gasteiger partial charge is 0.478 e. The van der Waals surface area contributed by atoms with Crippen molar-refractivity contribution in [1.29, 1.82) is 0 Å². The zero-order valence-electron chi connectivity index (χ0n) is 35.8. The van der Waals surface area contributed by atoms with Crippen molar-refractivity contribution in [2.45, 2.75) is 49.5 Å². The summed E-state index contributed by atoms with van der Waals surface area (Å²) in [5.41, 5.74) is 4.02. The Bertz CT molecular complexity index is 2160. The highest BCUT2D eigenvalue weighted by molar-refractivity contribution is 8.00. The molecule has 0 radical (unpaired) electrons. The van der Waals surface area contributed by atoms with Gasteiger partial charge in [0.05, 0.1) is 23.5 Å². The number of benzene rings is 4. The number of halogens is 5. The fraction of sp³-hybridized carbons (Fsp3) is 0.391. The molecule has 4 aliphatic heterocycles. The van der Waals surface area contributed by atoms with Crippen LogP contribution in [0.25, 0.3) is 0 Å². The molecule has 0 saturated carbocycles. The molecule has 0 amide bonds. The van der Waals surface area contributed by atoms with Crippen LogP contribution in [0.2, 0.25) is 0 Å². The van der Waals surface area contributed by atoms with E-state index in [1.807, 2.05) is 52.7 Å². The van der Waals surface area contributed by atoms with Crippen molar-refractivity contribution >= 4 is 83.4 Å². The van der Waals surface area contributed by atoms with Gasteiger partial charge >= 0.3 is 18.1 Å². The van der Waals surface area contributed by atoms with Crippen molar-refractivity contribution in [1.82, 2.24) is 19.6 Å². The number of para-hydroxylation sites is 1. The maximum absolute atomic E-state index is 13.3. The van der Waals surface area contributed by atoms with Crippen LogP contribution in [0.5, 0.6) is 0 Å². The number of nitrogens with zero attached hydrogens (tertiary/aromatic N) is 5. The van der Waals surface area contributed by atoms with Crippen molar-refractivity contribution in [2.75, 3.05) is 96.8 Å². The summed E-state index contributed by atoms with van der Waals surface area (Å²) < 4.78 is 39.9. The van der Waals surface area contributed by atoms with E-state index in [0.717, 1.165) is 74.1 Å². The molecule has 348 valence electrons. The van der Waals surface area contributed by atoms with Gasteiger partial charge in [-0.05, 0) is 98.4 Å². The Labute approximate surface area is 399 Å². The Kier molecular flexibility index (Phi) is 21.2. The van der Waals surface area contributed by atoms with Gasteiger partial charge in [-0.1, -0.05) is 53.9 Å². The first-order valence-corrected chi connectivity index (χ1v) is 23.5. The summed E-state index contributed by atoms with van der Waals surface area (Å²) >= 11 is 5.32. The van der Waals surface area contributed by atoms with E-state index in [-0.39, 0.29) is 31.4 Å². The second-order valence-electron chi connectivity index (χ2n) is 15.3. The van der Waals surface area contributed by atoms with Crippen LogP contribution < -0.4 is 4.90 Å². The summed E-state index contributed by atoms with van der Waals surface area (Å²) in [7, 11) is 2.23. The van der Waals surface area contributed by atoms with Gasteiger partial charge in [-0.25, -0.2) is 9.59 Å². The molecule has 0 bridgehead atoms. The Morgan fingerprint density at radius 3 is 1.92 bits per heavy atom. The van der Waals surface area contributed by atoms with E-state index in [1.165, 1.54) is 62.8 Å². The number of aliphatic hydroxyl groups excluding tert-OH is 1. The molecule has 1 unspecified atom stereocenters. The number of anilines is 2. The number of hydrogen-bond donors (Lipinski definition) is 3. The van der Waals surface area contributed by atoms with Crippen LogP contribution >= 0.6 is 60.1 Å². The van der Waals surface area contributed by atoms with E-state index < -0.39 is 23.7 Å². The highest BCUT2D eigenvalue weighted by Gasteiger charge is 2.34. The fourth-order valence-corrected chi connectivity index (χ4v) is 10.5. The Hall–Kier alpha value is -3.42. The molecule has 4 aliphatic rings. The van der Waals surface area contributed by atoms with Crippen molar-refractivity contribution < 1.29 is 38.1 Å². The molecule has 2 fully saturated rings. The Balaban J connectivity index is 0.000000237. The topological polar surface area (TPSA) is 111 Å². The number of aliphatic carboxylic acids is 2. The number of alkyl halides is 3. The minimum absolute atomic E-state index is 0. The molecule has 4 aromatic rings. The van der Waals surface area contributed by atoms with E-state index in [2.05, 4.69) is 75.4 Å². The average Bonchev–Trinajstić information content (AvgIpc) is 3.43. The summed E-state index contributed by atoms with van der Waals surface area (Å²) in [4.78, 5) is 37.1. The third-order valence-corrected chi connectivity index (χ3v) is 14.3. The van der Waals surface area contributed by atoms with Crippen LogP contribution in [0.3, 0.4) is 0 Å². The maximum Gasteiger partial charge on any atom is 0.416 e. The second kappa shape index (κ2) is 25.5. The highest BCUT2D eigenvalue weighted by Crippen LogP contribution is 2.49. The number of β-amino-alcohol motifs (C(OH)–C–C–N with tert-alkyl or cyclic N) is 1. The summed E-state index contributed by atoms with van der Waals surface area (Å²) in [6, 6.07) is 28.4. The van der Waals surface area contributed by atoms with Crippen LogP contribution in [0.15, 0.2) is 122 Å². The number of thioether (sulfide) groups is 1. The van der Waals surface area contributed by atoms with Gasteiger partial charge in [-0.2, -0.15) is 13.2 Å². The van der Waals surface area contributed by atoms with Gasteiger partial charge in [0.1, 0.15) is 0 Å². The minimum Gasteiger partial charge on any atom is -0.478 e. The lowest BCUT2D eigenvalue weighted by Crippen LogP contribution is -2.47. The lowest BCUT2D eigenvalue weighted by atomic mass is 9.96. The molecule has 4 heterocycles. The van der Waals surface area contributed by atoms with E-state index >= 15 is 0 Å². The highest BCUT2D eigenvalue weighted by atomic mass is 35.5. The summed E-state index contributed by atoms with van der Waals surface area (Å²) in [6.45, 7) is 11.0. The van der Waals surface area contributed by atoms with Crippen molar-refractivity contribution in [3.8, 4) is 0 Å². The number of hydrogen-bond acceptors (Lipinski definition) is 11. The van der Waals surface area contributed by atoms with Gasteiger partial charge < -0.3 is 30.0 Å². The first-order chi connectivity index (χ1) is 29.8. The molecular weight excluding hydrogens is 927 g/mol. The van der Waals surface area contributed by atoms with Crippen molar-refractivity contribution in [3.63, 3.8) is 0 Å². The summed E-state index contributed by atoms with van der Waals surface area (Å²) in [6.07, 6.45) is 0.929. The molecule has 4 aromatic carbocycles. The second-order valence-corrected chi connectivity index (χ2v) is 18.4. The number of aliphatic hydroxyl groups is 1. The molecule has 0 aliphatic carbocycles. The van der Waals surface area contributed by atoms with Gasteiger partial charge in [-0.3, -0.25) is 9.80 Å². The molecule has 10 nitrogen and oxygen atoms in total. The number of piperazine rings is 2. The zero-order valence-corrected chi connectivity index (χ0v) is 39.9. The van der Waals surface area contributed by atoms with Crippen molar-refractivity contribution in [3.05, 3.63) is 114 Å². The van der Waals surface area contributed by atoms with Crippen LogP contribution in [-0.4, -0.2) is 139 Å². The van der Waals surface area contributed by atoms with Gasteiger partial charge in [0.2, 0.25) is 0 Å². The van der Waals surface area contributed by atoms with E-state index in [9.17, 15) is 22.8 Å². The summed E-state index contributed by atoms with van der Waals surface area (Å²) in [5, 5.41) is 24.7. The number of carbonyl (C=O) groups is 2.